The van der Waals surface area contributed by atoms with Gasteiger partial charge in [0.25, 0.3) is 0 Å². The Kier molecular flexibility index (Phi) is 3.80. The monoisotopic (exact) mass is 219 g/mol. The molecule has 3 nitrogen and oxygen atoms in total. The van der Waals surface area contributed by atoms with Crippen LogP contribution < -0.4 is 10.3 Å². The summed E-state index contributed by atoms with van der Waals surface area (Å²) in [6, 6.07) is 8.89. The van der Waals surface area contributed by atoms with Crippen molar-refractivity contribution < 1.29 is 0 Å². The molecule has 3 heteroatoms. The van der Waals surface area contributed by atoms with Crippen molar-refractivity contribution in [1.29, 1.82) is 0 Å². The molecule has 16 heavy (non-hydrogen) atoms. The van der Waals surface area contributed by atoms with Crippen LogP contribution in [0.25, 0.3) is 0 Å². The topological polar surface area (TPSA) is 18.5 Å². The van der Waals surface area contributed by atoms with E-state index in [-0.39, 0.29) is 0 Å². The molecule has 0 aliphatic carbocycles. The van der Waals surface area contributed by atoms with Crippen LogP contribution in [-0.4, -0.2) is 32.2 Å². The van der Waals surface area contributed by atoms with Crippen LogP contribution in [0.4, 0.5) is 5.69 Å². The van der Waals surface area contributed by atoms with Gasteiger partial charge >= 0.3 is 0 Å². The maximum atomic E-state index is 3.27. The third kappa shape index (κ3) is 2.97. The molecule has 0 amide bonds. The fraction of sp³-hybridized carbons (Fsp3) is 0.538. The lowest BCUT2D eigenvalue weighted by atomic mass is 10.2. The van der Waals surface area contributed by atoms with Crippen LogP contribution in [0.1, 0.15) is 18.4 Å². The molecule has 1 fully saturated rings. The van der Waals surface area contributed by atoms with E-state index in [2.05, 4.69) is 34.6 Å². The fourth-order valence-corrected chi connectivity index (χ4v) is 2.05. The summed E-state index contributed by atoms with van der Waals surface area (Å²) < 4.78 is 0. The molecule has 0 aromatic heterocycles. The largest absolute Gasteiger partial charge is 0.372 e. The average molecular weight is 219 g/mol. The van der Waals surface area contributed by atoms with E-state index in [1.165, 1.54) is 37.2 Å². The molecule has 1 aromatic carbocycles. The lowest BCUT2D eigenvalue weighted by molar-refractivity contribution is 0.286. The van der Waals surface area contributed by atoms with E-state index in [4.69, 9.17) is 0 Å². The van der Waals surface area contributed by atoms with Crippen LogP contribution in [0, 0.1) is 0 Å². The van der Waals surface area contributed by atoms with Crippen molar-refractivity contribution in [2.75, 3.05) is 32.1 Å². The van der Waals surface area contributed by atoms with Crippen molar-refractivity contribution >= 4 is 5.69 Å². The summed E-state index contributed by atoms with van der Waals surface area (Å²) >= 11 is 0. The van der Waals surface area contributed by atoms with Crippen LogP contribution in [0.3, 0.4) is 0 Å². The second-order valence-corrected chi connectivity index (χ2v) is 4.59. The maximum Gasteiger partial charge on any atom is 0.0366 e. The van der Waals surface area contributed by atoms with Gasteiger partial charge in [0.15, 0.2) is 0 Å². The third-order valence-corrected chi connectivity index (χ3v) is 3.01. The SMILES string of the molecule is CN(C)NCc1ccc(N2CCCC2)cc1. The van der Waals surface area contributed by atoms with Gasteiger partial charge in [0.2, 0.25) is 0 Å². The molecule has 88 valence electrons. The van der Waals surface area contributed by atoms with Crippen molar-refractivity contribution in [3.05, 3.63) is 29.8 Å². The number of hydrogen-bond acceptors (Lipinski definition) is 3. The van der Waals surface area contributed by atoms with Crippen LogP contribution in [0.15, 0.2) is 24.3 Å². The van der Waals surface area contributed by atoms with Crippen molar-refractivity contribution in [3.8, 4) is 0 Å². The van der Waals surface area contributed by atoms with Gasteiger partial charge in [-0.25, -0.2) is 0 Å². The van der Waals surface area contributed by atoms with Crippen molar-refractivity contribution in [2.45, 2.75) is 19.4 Å². The van der Waals surface area contributed by atoms with Crippen LogP contribution >= 0.6 is 0 Å². The van der Waals surface area contributed by atoms with Crippen LogP contribution in [0.5, 0.6) is 0 Å². The van der Waals surface area contributed by atoms with E-state index < -0.39 is 0 Å². The molecule has 0 atom stereocenters. The van der Waals surface area contributed by atoms with Crippen molar-refractivity contribution in [1.82, 2.24) is 10.4 Å². The van der Waals surface area contributed by atoms with E-state index in [1.807, 2.05) is 19.1 Å². The van der Waals surface area contributed by atoms with E-state index >= 15 is 0 Å². The summed E-state index contributed by atoms with van der Waals surface area (Å²) in [5.41, 5.74) is 5.97. The maximum absolute atomic E-state index is 3.27. The minimum absolute atomic E-state index is 0.896. The highest BCUT2D eigenvalue weighted by Gasteiger charge is 2.11. The average Bonchev–Trinajstić information content (AvgIpc) is 2.80. The summed E-state index contributed by atoms with van der Waals surface area (Å²) in [5, 5.41) is 1.98. The Hall–Kier alpha value is -1.06. The quantitative estimate of drug-likeness (QED) is 0.780. The van der Waals surface area contributed by atoms with Gasteiger partial charge in [-0.1, -0.05) is 12.1 Å². The van der Waals surface area contributed by atoms with Crippen molar-refractivity contribution in [2.24, 2.45) is 0 Å². The summed E-state index contributed by atoms with van der Waals surface area (Å²) in [6.07, 6.45) is 2.67. The third-order valence-electron chi connectivity index (χ3n) is 3.01. The van der Waals surface area contributed by atoms with Gasteiger partial charge in [0.1, 0.15) is 0 Å². The molecule has 2 rings (SSSR count). The lowest BCUT2D eigenvalue weighted by Gasteiger charge is -2.18. The van der Waals surface area contributed by atoms with E-state index in [0.717, 1.165) is 6.54 Å². The van der Waals surface area contributed by atoms with Gasteiger partial charge in [0.05, 0.1) is 0 Å². The minimum atomic E-state index is 0.896. The van der Waals surface area contributed by atoms with Gasteiger partial charge in [-0.05, 0) is 30.5 Å². The van der Waals surface area contributed by atoms with Crippen molar-refractivity contribution in [3.63, 3.8) is 0 Å². The number of hydrazine groups is 1. The van der Waals surface area contributed by atoms with Crippen LogP contribution in [0.2, 0.25) is 0 Å². The molecule has 0 radical (unpaired) electrons. The van der Waals surface area contributed by atoms with Crippen LogP contribution in [-0.2, 0) is 6.54 Å². The Morgan fingerprint density at radius 2 is 1.75 bits per heavy atom. The zero-order chi connectivity index (χ0) is 11.4. The van der Waals surface area contributed by atoms with Gasteiger partial charge in [-0.15, -0.1) is 0 Å². The molecule has 1 heterocycles. The smallest absolute Gasteiger partial charge is 0.0366 e. The first kappa shape index (κ1) is 11.4. The highest BCUT2D eigenvalue weighted by atomic mass is 15.5. The first-order valence-corrected chi connectivity index (χ1v) is 6.00. The highest BCUT2D eigenvalue weighted by molar-refractivity contribution is 5.48. The number of anilines is 1. The minimum Gasteiger partial charge on any atom is -0.372 e. The first-order chi connectivity index (χ1) is 7.75. The number of hydrogen-bond donors (Lipinski definition) is 1. The van der Waals surface area contributed by atoms with Gasteiger partial charge in [-0.2, -0.15) is 0 Å². The van der Waals surface area contributed by atoms with E-state index in [0.29, 0.717) is 0 Å². The van der Waals surface area contributed by atoms with E-state index in [1.54, 1.807) is 0 Å². The van der Waals surface area contributed by atoms with Gasteiger partial charge in [-0.3, -0.25) is 10.4 Å². The molecule has 1 aliphatic heterocycles. The molecule has 0 spiro atoms. The summed E-state index contributed by atoms with van der Waals surface area (Å²) in [4.78, 5) is 2.46. The molecule has 0 bridgehead atoms. The Labute approximate surface area is 98.0 Å². The Balaban J connectivity index is 1.93. The molecule has 1 aliphatic rings. The molecular weight excluding hydrogens is 198 g/mol. The Bertz CT molecular complexity index is 312. The zero-order valence-corrected chi connectivity index (χ0v) is 10.2. The normalized spacial score (nSPS) is 16.1. The molecule has 1 saturated heterocycles. The molecule has 1 N–H and O–H groups in total. The Morgan fingerprint density at radius 3 is 2.31 bits per heavy atom. The summed E-state index contributed by atoms with van der Waals surface area (Å²) in [6.45, 7) is 3.33. The van der Waals surface area contributed by atoms with Gasteiger partial charge in [0, 0.05) is 39.4 Å². The predicted molar refractivity (Wildman–Crippen MR) is 68.4 cm³/mol. The number of nitrogens with zero attached hydrogens (tertiary/aromatic N) is 2. The molecule has 1 aromatic rings. The molecule has 0 saturated carbocycles. The number of rotatable bonds is 4. The van der Waals surface area contributed by atoms with Gasteiger partial charge < -0.3 is 4.90 Å². The summed E-state index contributed by atoms with van der Waals surface area (Å²) in [7, 11) is 4.03. The standard InChI is InChI=1S/C13H21N3/c1-15(2)14-11-12-5-7-13(8-6-12)16-9-3-4-10-16/h5-8,14H,3-4,9-11H2,1-2H3. The highest BCUT2D eigenvalue weighted by Crippen LogP contribution is 2.20. The number of benzene rings is 1. The fourth-order valence-electron chi connectivity index (χ4n) is 2.05. The molecule has 0 unspecified atom stereocenters. The first-order valence-electron chi connectivity index (χ1n) is 6.00. The molecular formula is C13H21N3. The second kappa shape index (κ2) is 5.32. The predicted octanol–water partition coefficient (Wildman–Crippen LogP) is 1.85. The van der Waals surface area contributed by atoms with E-state index in [9.17, 15) is 0 Å². The number of nitrogens with one attached hydrogen (secondary N) is 1. The summed E-state index contributed by atoms with van der Waals surface area (Å²) in [5.74, 6) is 0. The second-order valence-electron chi connectivity index (χ2n) is 4.59. The zero-order valence-electron chi connectivity index (χ0n) is 10.2. The Morgan fingerprint density at radius 1 is 1.12 bits per heavy atom. The lowest BCUT2D eigenvalue weighted by Crippen LogP contribution is -2.29.